The van der Waals surface area contributed by atoms with E-state index in [9.17, 15) is 5.11 Å². The van der Waals surface area contributed by atoms with Gasteiger partial charge in [0.15, 0.2) is 0 Å². The molecule has 0 fully saturated rings. The zero-order valence-corrected chi connectivity index (χ0v) is 8.99. The van der Waals surface area contributed by atoms with Crippen LogP contribution in [0.15, 0.2) is 12.1 Å². The Hall–Kier alpha value is -1.06. The highest BCUT2D eigenvalue weighted by Crippen LogP contribution is 2.32. The Morgan fingerprint density at radius 3 is 3.07 bits per heavy atom. The highest BCUT2D eigenvalue weighted by Gasteiger charge is 2.17. The predicted octanol–water partition coefficient (Wildman–Crippen LogP) is 1.31. The van der Waals surface area contributed by atoms with Gasteiger partial charge in [0.2, 0.25) is 0 Å². The minimum Gasteiger partial charge on any atom is -0.493 e. The molecule has 0 aromatic heterocycles. The number of rotatable bonds is 3. The highest BCUT2D eigenvalue weighted by atomic mass is 16.5. The molecular weight excluding hydrogens is 190 g/mol. The topological polar surface area (TPSA) is 55.5 Å². The molecule has 0 amide bonds. The Labute approximate surface area is 89.9 Å². The quantitative estimate of drug-likeness (QED) is 0.785. The van der Waals surface area contributed by atoms with E-state index < -0.39 is 6.10 Å². The third kappa shape index (κ3) is 1.98. The van der Waals surface area contributed by atoms with Gasteiger partial charge in [0, 0.05) is 6.42 Å². The summed E-state index contributed by atoms with van der Waals surface area (Å²) in [7, 11) is 0. The molecule has 2 rings (SSSR count). The van der Waals surface area contributed by atoms with Gasteiger partial charge in [0.1, 0.15) is 5.75 Å². The summed E-state index contributed by atoms with van der Waals surface area (Å²) in [5, 5.41) is 9.86. The van der Waals surface area contributed by atoms with E-state index in [4.69, 9.17) is 10.5 Å². The first kappa shape index (κ1) is 10.5. The summed E-state index contributed by atoms with van der Waals surface area (Å²) in [5.41, 5.74) is 8.71. The van der Waals surface area contributed by atoms with Gasteiger partial charge in [-0.25, -0.2) is 0 Å². The SMILES string of the molecule is Cc1cc(C(O)CCN)cc2c1OCC2. The predicted molar refractivity (Wildman–Crippen MR) is 59.0 cm³/mol. The number of hydrogen-bond acceptors (Lipinski definition) is 3. The van der Waals surface area contributed by atoms with Gasteiger partial charge in [0.05, 0.1) is 12.7 Å². The van der Waals surface area contributed by atoms with Crippen molar-refractivity contribution in [1.29, 1.82) is 0 Å². The second-order valence-electron chi connectivity index (χ2n) is 4.02. The molecule has 1 atom stereocenters. The molecule has 0 radical (unpaired) electrons. The van der Waals surface area contributed by atoms with Crippen LogP contribution in [0.3, 0.4) is 0 Å². The average Bonchev–Trinajstić information content (AvgIpc) is 2.66. The molecule has 3 nitrogen and oxygen atoms in total. The minimum absolute atomic E-state index is 0.445. The minimum atomic E-state index is -0.445. The fourth-order valence-electron chi connectivity index (χ4n) is 2.05. The molecule has 3 heteroatoms. The molecule has 1 heterocycles. The maximum Gasteiger partial charge on any atom is 0.125 e. The number of hydrogen-bond donors (Lipinski definition) is 2. The third-order valence-electron chi connectivity index (χ3n) is 2.82. The van der Waals surface area contributed by atoms with E-state index in [0.29, 0.717) is 13.0 Å². The van der Waals surface area contributed by atoms with E-state index in [2.05, 4.69) is 0 Å². The van der Waals surface area contributed by atoms with Crippen LogP contribution in [0.1, 0.15) is 29.2 Å². The van der Waals surface area contributed by atoms with Gasteiger partial charge in [0.25, 0.3) is 0 Å². The lowest BCUT2D eigenvalue weighted by Crippen LogP contribution is -2.07. The van der Waals surface area contributed by atoms with Crippen molar-refractivity contribution >= 4 is 0 Å². The molecule has 1 aliphatic rings. The average molecular weight is 207 g/mol. The van der Waals surface area contributed by atoms with Crippen molar-refractivity contribution < 1.29 is 9.84 Å². The molecular formula is C12H17NO2. The molecule has 1 aliphatic heterocycles. The van der Waals surface area contributed by atoms with Crippen LogP contribution >= 0.6 is 0 Å². The standard InChI is InChI=1S/C12H17NO2/c1-8-6-10(11(14)2-4-13)7-9-3-5-15-12(8)9/h6-7,11,14H,2-5,13H2,1H3. The first-order chi connectivity index (χ1) is 7.22. The van der Waals surface area contributed by atoms with Gasteiger partial charge in [-0.05, 0) is 48.7 Å². The lowest BCUT2D eigenvalue weighted by Gasteiger charge is -2.12. The zero-order chi connectivity index (χ0) is 10.8. The summed E-state index contributed by atoms with van der Waals surface area (Å²) in [6, 6.07) is 4.03. The summed E-state index contributed by atoms with van der Waals surface area (Å²) in [6.45, 7) is 3.28. The summed E-state index contributed by atoms with van der Waals surface area (Å²) in [4.78, 5) is 0. The van der Waals surface area contributed by atoms with Crippen molar-refractivity contribution in [1.82, 2.24) is 0 Å². The van der Waals surface area contributed by atoms with Gasteiger partial charge in [-0.2, -0.15) is 0 Å². The molecule has 15 heavy (non-hydrogen) atoms. The lowest BCUT2D eigenvalue weighted by atomic mass is 9.99. The first-order valence-electron chi connectivity index (χ1n) is 5.36. The van der Waals surface area contributed by atoms with E-state index >= 15 is 0 Å². The zero-order valence-electron chi connectivity index (χ0n) is 8.99. The number of nitrogens with two attached hydrogens (primary N) is 1. The molecule has 0 bridgehead atoms. The van der Waals surface area contributed by atoms with Gasteiger partial charge < -0.3 is 15.6 Å². The van der Waals surface area contributed by atoms with E-state index in [0.717, 1.165) is 29.9 Å². The Bertz CT molecular complexity index is 363. The Balaban J connectivity index is 2.30. The van der Waals surface area contributed by atoms with E-state index in [1.54, 1.807) is 0 Å². The summed E-state index contributed by atoms with van der Waals surface area (Å²) < 4.78 is 5.52. The molecule has 0 saturated carbocycles. The summed E-state index contributed by atoms with van der Waals surface area (Å²) in [5.74, 6) is 0.999. The van der Waals surface area contributed by atoms with E-state index in [1.807, 2.05) is 19.1 Å². The normalized spacial score (nSPS) is 15.9. The number of aliphatic hydroxyl groups is 1. The molecule has 1 aromatic rings. The molecule has 3 N–H and O–H groups in total. The van der Waals surface area contributed by atoms with Gasteiger partial charge in [-0.1, -0.05) is 0 Å². The highest BCUT2D eigenvalue weighted by molar-refractivity contribution is 5.46. The number of ether oxygens (including phenoxy) is 1. The largest absolute Gasteiger partial charge is 0.493 e. The van der Waals surface area contributed by atoms with Crippen LogP contribution in [-0.4, -0.2) is 18.3 Å². The first-order valence-corrected chi connectivity index (χ1v) is 5.36. The van der Waals surface area contributed by atoms with Crippen molar-refractivity contribution in [3.05, 3.63) is 28.8 Å². The fraction of sp³-hybridized carbons (Fsp3) is 0.500. The van der Waals surface area contributed by atoms with Crippen molar-refractivity contribution in [3.63, 3.8) is 0 Å². The van der Waals surface area contributed by atoms with Crippen LogP contribution < -0.4 is 10.5 Å². The van der Waals surface area contributed by atoms with Gasteiger partial charge in [-0.15, -0.1) is 0 Å². The fourth-order valence-corrected chi connectivity index (χ4v) is 2.05. The second-order valence-corrected chi connectivity index (χ2v) is 4.02. The van der Waals surface area contributed by atoms with Gasteiger partial charge in [-0.3, -0.25) is 0 Å². The van der Waals surface area contributed by atoms with Crippen LogP contribution in [0, 0.1) is 6.92 Å². The second kappa shape index (κ2) is 4.21. The van der Waals surface area contributed by atoms with E-state index in [1.165, 1.54) is 5.56 Å². The van der Waals surface area contributed by atoms with Crippen LogP contribution in [0.25, 0.3) is 0 Å². The van der Waals surface area contributed by atoms with E-state index in [-0.39, 0.29) is 0 Å². The number of aliphatic hydroxyl groups excluding tert-OH is 1. The van der Waals surface area contributed by atoms with Crippen LogP contribution in [0.4, 0.5) is 0 Å². The van der Waals surface area contributed by atoms with Crippen LogP contribution in [0.5, 0.6) is 5.75 Å². The molecule has 0 aliphatic carbocycles. The smallest absolute Gasteiger partial charge is 0.125 e. The van der Waals surface area contributed by atoms with Crippen molar-refractivity contribution in [3.8, 4) is 5.75 Å². The van der Waals surface area contributed by atoms with Crippen molar-refractivity contribution in [2.75, 3.05) is 13.2 Å². The Kier molecular flexibility index (Phi) is 2.93. The van der Waals surface area contributed by atoms with Crippen LogP contribution in [-0.2, 0) is 6.42 Å². The molecule has 82 valence electrons. The molecule has 1 unspecified atom stereocenters. The van der Waals surface area contributed by atoms with Crippen molar-refractivity contribution in [2.45, 2.75) is 25.9 Å². The van der Waals surface area contributed by atoms with Crippen LogP contribution in [0.2, 0.25) is 0 Å². The molecule has 0 saturated heterocycles. The maximum absolute atomic E-state index is 9.86. The number of fused-ring (bicyclic) bond motifs is 1. The van der Waals surface area contributed by atoms with Crippen molar-refractivity contribution in [2.24, 2.45) is 5.73 Å². The summed E-state index contributed by atoms with van der Waals surface area (Å²) in [6.07, 6.45) is 1.11. The number of aryl methyl sites for hydroxylation is 1. The number of benzene rings is 1. The lowest BCUT2D eigenvalue weighted by molar-refractivity contribution is 0.170. The molecule has 1 aromatic carbocycles. The third-order valence-corrected chi connectivity index (χ3v) is 2.82. The monoisotopic (exact) mass is 207 g/mol. The summed E-state index contributed by atoms with van der Waals surface area (Å²) >= 11 is 0. The van der Waals surface area contributed by atoms with Gasteiger partial charge >= 0.3 is 0 Å². The molecule has 0 spiro atoms. The maximum atomic E-state index is 9.86. The Morgan fingerprint density at radius 2 is 2.33 bits per heavy atom. The Morgan fingerprint density at radius 1 is 1.53 bits per heavy atom.